The van der Waals surface area contributed by atoms with Gasteiger partial charge in [0, 0.05) is 51.3 Å². The normalized spacial score (nSPS) is 24.7. The zero-order chi connectivity index (χ0) is 32.0. The van der Waals surface area contributed by atoms with Gasteiger partial charge in [-0.25, -0.2) is 9.97 Å². The van der Waals surface area contributed by atoms with Crippen LogP contribution in [0.3, 0.4) is 0 Å². The van der Waals surface area contributed by atoms with E-state index in [9.17, 15) is 9.59 Å². The predicted molar refractivity (Wildman–Crippen MR) is 179 cm³/mol. The molecule has 0 radical (unpaired) electrons. The van der Waals surface area contributed by atoms with Gasteiger partial charge < -0.3 is 15.5 Å². The Morgan fingerprint density at radius 2 is 1.11 bits per heavy atom. The van der Waals surface area contributed by atoms with E-state index in [1.807, 2.05) is 16.0 Å². The molecule has 4 atom stereocenters. The smallest absolute Gasteiger partial charge is 0.222 e. The predicted octanol–water partition coefficient (Wildman–Crippen LogP) is 6.79. The molecule has 2 aliphatic heterocycles. The minimum Gasteiger partial charge on any atom is -0.343 e. The molecule has 6 rings (SSSR count). The van der Waals surface area contributed by atoms with E-state index in [0.717, 1.165) is 70.4 Å². The van der Waals surface area contributed by atoms with Gasteiger partial charge in [-0.05, 0) is 82.0 Å². The van der Waals surface area contributed by atoms with Crippen molar-refractivity contribution < 1.29 is 9.59 Å². The molecule has 2 saturated heterocycles. The second-order valence-electron chi connectivity index (χ2n) is 13.0. The summed E-state index contributed by atoms with van der Waals surface area (Å²) < 4.78 is 0. The Hall–Kier alpha value is -2.07. The minimum absolute atomic E-state index is 0.317. The number of amides is 2. The number of likely N-dealkylation sites (tertiary alicyclic amines) is 2. The van der Waals surface area contributed by atoms with E-state index in [1.165, 1.54) is 70.2 Å². The summed E-state index contributed by atoms with van der Waals surface area (Å²) >= 11 is 16.7. The molecule has 2 aromatic rings. The molecule has 0 unspecified atom stereocenters. The van der Waals surface area contributed by atoms with Gasteiger partial charge in [0.25, 0.3) is 0 Å². The second kappa shape index (κ2) is 18.9. The van der Waals surface area contributed by atoms with Crippen molar-refractivity contribution in [2.45, 2.75) is 102 Å². The van der Waals surface area contributed by atoms with E-state index in [4.69, 9.17) is 40.5 Å². The molecule has 2 amide bonds. The summed E-state index contributed by atoms with van der Waals surface area (Å²) in [5, 5.41) is 1.10. The molecule has 4 heterocycles. The highest BCUT2D eigenvalue weighted by atomic mass is 35.5. The van der Waals surface area contributed by atoms with Crippen LogP contribution in [0, 0.1) is 17.8 Å². The monoisotopic (exact) mass is 679 g/mol. The minimum atomic E-state index is 0.317. The Bertz CT molecular complexity index is 1190. The molecule has 2 aromatic heterocycles. The van der Waals surface area contributed by atoms with Gasteiger partial charge in [-0.15, -0.1) is 0 Å². The first kappa shape index (κ1) is 35.8. The van der Waals surface area contributed by atoms with Gasteiger partial charge in [0.2, 0.25) is 11.8 Å². The first-order valence-corrected chi connectivity index (χ1v) is 17.8. The summed E-state index contributed by atoms with van der Waals surface area (Å²) in [5.74, 6) is 2.44. The fraction of sp³-hybridized carbons (Fsp3) is 0.697. The molecule has 2 aliphatic carbocycles. The highest BCUT2D eigenvalue weighted by Crippen LogP contribution is 2.34. The van der Waals surface area contributed by atoms with Crippen LogP contribution >= 0.6 is 34.8 Å². The SMILES string of the molecule is Clc1cncc(Cl)n1.N[C@H]1CCC[C@@H](CC(=O)N2CCCC2)C1.O=C(C[C@@H]1CCC[C@H](Cc2cncc(Cl)n2)C1)N1CCCC1. The molecule has 4 aliphatic rings. The van der Waals surface area contributed by atoms with Crippen molar-refractivity contribution in [3.63, 3.8) is 0 Å². The number of carbonyl (C=O) groups excluding carboxylic acids is 2. The third kappa shape index (κ3) is 12.9. The fourth-order valence-electron chi connectivity index (χ4n) is 7.07. The van der Waals surface area contributed by atoms with Crippen LogP contribution in [0.2, 0.25) is 15.5 Å². The van der Waals surface area contributed by atoms with Crippen molar-refractivity contribution in [1.82, 2.24) is 29.7 Å². The fourth-order valence-corrected chi connectivity index (χ4v) is 7.57. The van der Waals surface area contributed by atoms with E-state index in [1.54, 1.807) is 6.20 Å². The lowest BCUT2D eigenvalue weighted by Crippen LogP contribution is -2.33. The van der Waals surface area contributed by atoms with Crippen LogP contribution in [0.4, 0.5) is 0 Å². The van der Waals surface area contributed by atoms with Crippen molar-refractivity contribution in [3.8, 4) is 0 Å². The Labute approximate surface area is 283 Å². The van der Waals surface area contributed by atoms with Crippen molar-refractivity contribution in [1.29, 1.82) is 0 Å². The molecule has 4 fully saturated rings. The van der Waals surface area contributed by atoms with Gasteiger partial charge in [0.05, 0.1) is 24.3 Å². The van der Waals surface area contributed by atoms with Crippen LogP contribution in [-0.2, 0) is 16.0 Å². The average molecular weight is 681 g/mol. The Morgan fingerprint density at radius 3 is 1.60 bits per heavy atom. The molecular weight excluding hydrogens is 633 g/mol. The molecule has 0 spiro atoms. The molecule has 45 heavy (non-hydrogen) atoms. The third-order valence-electron chi connectivity index (χ3n) is 9.29. The van der Waals surface area contributed by atoms with Gasteiger partial charge >= 0.3 is 0 Å². The van der Waals surface area contributed by atoms with E-state index in [0.29, 0.717) is 51.1 Å². The van der Waals surface area contributed by atoms with Crippen molar-refractivity contribution in [3.05, 3.63) is 45.9 Å². The molecule has 2 N–H and O–H groups in total. The summed E-state index contributed by atoms with van der Waals surface area (Å²) in [7, 11) is 0. The number of nitrogens with zero attached hydrogens (tertiary/aromatic N) is 6. The van der Waals surface area contributed by atoms with Crippen molar-refractivity contribution in [2.24, 2.45) is 23.5 Å². The maximum Gasteiger partial charge on any atom is 0.222 e. The largest absolute Gasteiger partial charge is 0.343 e. The molecule has 0 bridgehead atoms. The standard InChI is InChI=1S/C17H24ClN3O.C12H22N2O.C4H2Cl2N2/c18-16-12-19-11-15(20-16)9-13-4-3-5-14(8-13)10-17(22)21-6-1-2-7-21;13-11-5-3-4-10(8-11)9-12(15)14-6-1-2-7-14;5-3-1-7-2-4(6)8-3/h11-14H,1-10H2;10-11H,1-9,13H2;1-2H/t13-,14+;10-,11+;/m01./s1. The van der Waals surface area contributed by atoms with Crippen LogP contribution in [0.25, 0.3) is 0 Å². The second-order valence-corrected chi connectivity index (χ2v) is 14.1. The Balaban J connectivity index is 0.000000172. The third-order valence-corrected chi connectivity index (χ3v) is 9.83. The van der Waals surface area contributed by atoms with Crippen LogP contribution in [0.15, 0.2) is 24.8 Å². The van der Waals surface area contributed by atoms with Crippen LogP contribution in [0.1, 0.15) is 95.6 Å². The van der Waals surface area contributed by atoms with Gasteiger partial charge in [-0.1, -0.05) is 54.1 Å². The van der Waals surface area contributed by atoms with E-state index in [2.05, 4.69) is 19.9 Å². The summed E-state index contributed by atoms with van der Waals surface area (Å²) in [5.41, 5.74) is 6.91. The highest BCUT2D eigenvalue weighted by molar-refractivity contribution is 6.32. The highest BCUT2D eigenvalue weighted by Gasteiger charge is 2.28. The molecule has 248 valence electrons. The van der Waals surface area contributed by atoms with E-state index >= 15 is 0 Å². The van der Waals surface area contributed by atoms with Gasteiger partial charge in [-0.3, -0.25) is 19.6 Å². The van der Waals surface area contributed by atoms with Gasteiger partial charge in [-0.2, -0.15) is 0 Å². The first-order chi connectivity index (χ1) is 21.7. The Morgan fingerprint density at radius 1 is 0.644 bits per heavy atom. The maximum atomic E-state index is 12.3. The lowest BCUT2D eigenvalue weighted by atomic mass is 9.78. The number of hydrogen-bond donors (Lipinski definition) is 1. The van der Waals surface area contributed by atoms with Crippen molar-refractivity contribution in [2.75, 3.05) is 26.2 Å². The lowest BCUT2D eigenvalue weighted by Gasteiger charge is -2.29. The average Bonchev–Trinajstić information content (AvgIpc) is 3.74. The quantitative estimate of drug-likeness (QED) is 0.357. The van der Waals surface area contributed by atoms with Crippen LogP contribution < -0.4 is 5.73 Å². The number of nitrogens with two attached hydrogens (primary N) is 1. The molecular formula is C33H48Cl3N7O2. The summed E-state index contributed by atoms with van der Waals surface area (Å²) in [4.78, 5) is 44.0. The number of hydrogen-bond acceptors (Lipinski definition) is 7. The zero-order valence-corrected chi connectivity index (χ0v) is 28.5. The lowest BCUT2D eigenvalue weighted by molar-refractivity contribution is -0.132. The van der Waals surface area contributed by atoms with E-state index < -0.39 is 0 Å². The van der Waals surface area contributed by atoms with E-state index in [-0.39, 0.29) is 0 Å². The van der Waals surface area contributed by atoms with Crippen molar-refractivity contribution >= 4 is 46.6 Å². The topological polar surface area (TPSA) is 118 Å². The number of rotatable bonds is 6. The molecule has 9 nitrogen and oxygen atoms in total. The first-order valence-electron chi connectivity index (χ1n) is 16.7. The molecule has 0 aromatic carbocycles. The number of carbonyl (C=O) groups is 2. The molecule has 2 saturated carbocycles. The Kier molecular flexibility index (Phi) is 15.0. The summed E-state index contributed by atoms with van der Waals surface area (Å²) in [6.07, 6.45) is 22.7. The number of aromatic nitrogens is 4. The summed E-state index contributed by atoms with van der Waals surface area (Å²) in [6, 6.07) is 0.343. The summed E-state index contributed by atoms with van der Waals surface area (Å²) in [6.45, 7) is 3.90. The van der Waals surface area contributed by atoms with Crippen LogP contribution in [0.5, 0.6) is 0 Å². The van der Waals surface area contributed by atoms with Gasteiger partial charge in [0.1, 0.15) is 15.5 Å². The zero-order valence-electron chi connectivity index (χ0n) is 26.3. The van der Waals surface area contributed by atoms with Crippen LogP contribution in [-0.4, -0.2) is 73.8 Å². The maximum absolute atomic E-state index is 12.3. The molecule has 12 heteroatoms. The van der Waals surface area contributed by atoms with Gasteiger partial charge in [0.15, 0.2) is 0 Å². The number of halogens is 3.